The maximum Gasteiger partial charge on any atom is 0.335 e. The predicted molar refractivity (Wildman–Crippen MR) is 93.3 cm³/mol. The molecule has 0 aromatic heterocycles. The van der Waals surface area contributed by atoms with Crippen molar-refractivity contribution in [3.63, 3.8) is 0 Å². The summed E-state index contributed by atoms with van der Waals surface area (Å²) in [6, 6.07) is 11.8. The van der Waals surface area contributed by atoms with E-state index in [1.54, 1.807) is 24.3 Å². The summed E-state index contributed by atoms with van der Waals surface area (Å²) in [6.45, 7) is 2.08. The van der Waals surface area contributed by atoms with E-state index in [0.29, 0.717) is 16.0 Å². The van der Waals surface area contributed by atoms with Crippen LogP contribution in [0.3, 0.4) is 0 Å². The molecule has 0 saturated carbocycles. The van der Waals surface area contributed by atoms with Crippen molar-refractivity contribution in [2.45, 2.75) is 24.7 Å². The highest BCUT2D eigenvalue weighted by molar-refractivity contribution is 7.99. The maximum absolute atomic E-state index is 12.8. The van der Waals surface area contributed by atoms with Crippen LogP contribution < -0.4 is 5.73 Å². The van der Waals surface area contributed by atoms with Gasteiger partial charge >= 0.3 is 5.97 Å². The lowest BCUT2D eigenvalue weighted by atomic mass is 10.00. The zero-order valence-electron chi connectivity index (χ0n) is 12.9. The minimum atomic E-state index is -1.05. The van der Waals surface area contributed by atoms with Gasteiger partial charge in [-0.3, -0.25) is 4.79 Å². The average Bonchev–Trinajstić information content (AvgIpc) is 2.55. The predicted octanol–water partition coefficient (Wildman–Crippen LogP) is 4.09. The SMILES string of the molecule is CCCCSc1cc(C(=O)O)cc(N)c1C(=O)c1ccccc1. The minimum absolute atomic E-state index is 0.103. The second-order valence-corrected chi connectivity index (χ2v) is 6.28. The van der Waals surface area contributed by atoms with Crippen LogP contribution in [0, 0.1) is 0 Å². The molecule has 0 radical (unpaired) electrons. The van der Waals surface area contributed by atoms with Crippen molar-refractivity contribution >= 4 is 29.2 Å². The van der Waals surface area contributed by atoms with E-state index in [1.165, 1.54) is 23.9 Å². The first kappa shape index (κ1) is 17.1. The van der Waals surface area contributed by atoms with Gasteiger partial charge in [-0.1, -0.05) is 43.7 Å². The lowest BCUT2D eigenvalue weighted by Gasteiger charge is -2.13. The van der Waals surface area contributed by atoms with E-state index in [9.17, 15) is 14.7 Å². The van der Waals surface area contributed by atoms with Gasteiger partial charge in [0.15, 0.2) is 5.78 Å². The van der Waals surface area contributed by atoms with E-state index in [4.69, 9.17) is 5.73 Å². The van der Waals surface area contributed by atoms with Crippen LogP contribution >= 0.6 is 11.8 Å². The van der Waals surface area contributed by atoms with Crippen molar-refractivity contribution in [1.29, 1.82) is 0 Å². The lowest BCUT2D eigenvalue weighted by molar-refractivity contribution is 0.0696. The number of unbranched alkanes of at least 4 members (excludes halogenated alkanes) is 1. The molecule has 0 fully saturated rings. The van der Waals surface area contributed by atoms with Crippen LogP contribution in [0.2, 0.25) is 0 Å². The summed E-state index contributed by atoms with van der Waals surface area (Å²) in [5.41, 5.74) is 7.25. The molecule has 120 valence electrons. The maximum atomic E-state index is 12.8. The first-order valence-electron chi connectivity index (χ1n) is 7.44. The fourth-order valence-corrected chi connectivity index (χ4v) is 3.40. The zero-order valence-corrected chi connectivity index (χ0v) is 13.7. The van der Waals surface area contributed by atoms with Crippen molar-refractivity contribution in [1.82, 2.24) is 0 Å². The van der Waals surface area contributed by atoms with Crippen LogP contribution in [0.1, 0.15) is 46.0 Å². The van der Waals surface area contributed by atoms with Crippen molar-refractivity contribution in [3.05, 3.63) is 59.2 Å². The fraction of sp³-hybridized carbons (Fsp3) is 0.222. The molecule has 2 rings (SSSR count). The molecule has 0 saturated heterocycles. The summed E-state index contributed by atoms with van der Waals surface area (Å²) in [5.74, 6) is -0.416. The number of rotatable bonds is 7. The van der Waals surface area contributed by atoms with Gasteiger partial charge in [0.05, 0.1) is 11.1 Å². The third kappa shape index (κ3) is 4.13. The second kappa shape index (κ2) is 7.83. The Balaban J connectivity index is 2.47. The standard InChI is InChI=1S/C18H19NO3S/c1-2-3-9-23-15-11-13(18(21)22)10-14(19)16(15)17(20)12-7-5-4-6-8-12/h4-8,10-11H,2-3,9,19H2,1H3,(H,21,22). The molecule has 2 aromatic rings. The monoisotopic (exact) mass is 329 g/mol. The van der Waals surface area contributed by atoms with Crippen molar-refractivity contribution in [2.24, 2.45) is 0 Å². The third-order valence-electron chi connectivity index (χ3n) is 3.40. The largest absolute Gasteiger partial charge is 0.478 e. The molecule has 0 heterocycles. The third-order valence-corrected chi connectivity index (χ3v) is 4.52. The summed E-state index contributed by atoms with van der Waals surface area (Å²) < 4.78 is 0. The van der Waals surface area contributed by atoms with Gasteiger partial charge in [-0.25, -0.2) is 4.79 Å². The Morgan fingerprint density at radius 3 is 2.43 bits per heavy atom. The number of thioether (sulfide) groups is 1. The molecule has 0 aliphatic heterocycles. The number of anilines is 1. The molecule has 2 aromatic carbocycles. The van der Waals surface area contributed by atoms with E-state index in [-0.39, 0.29) is 17.0 Å². The van der Waals surface area contributed by atoms with Crippen molar-refractivity contribution < 1.29 is 14.7 Å². The Labute approximate surface area is 139 Å². The number of benzene rings is 2. The quantitative estimate of drug-likeness (QED) is 0.346. The molecule has 23 heavy (non-hydrogen) atoms. The highest BCUT2D eigenvalue weighted by Crippen LogP contribution is 2.31. The van der Waals surface area contributed by atoms with Gasteiger partial charge in [0, 0.05) is 16.1 Å². The summed E-state index contributed by atoms with van der Waals surface area (Å²) in [5, 5.41) is 9.20. The topological polar surface area (TPSA) is 80.4 Å². The molecule has 0 aliphatic carbocycles. The molecular weight excluding hydrogens is 310 g/mol. The van der Waals surface area contributed by atoms with E-state index in [2.05, 4.69) is 6.92 Å². The molecular formula is C18H19NO3S. The minimum Gasteiger partial charge on any atom is -0.478 e. The highest BCUT2D eigenvalue weighted by Gasteiger charge is 2.20. The molecule has 0 atom stereocenters. The van der Waals surface area contributed by atoms with Gasteiger partial charge in [0.2, 0.25) is 0 Å². The molecule has 0 bridgehead atoms. The number of carbonyl (C=O) groups excluding carboxylic acids is 1. The number of hydrogen-bond donors (Lipinski definition) is 2. The highest BCUT2D eigenvalue weighted by atomic mass is 32.2. The summed E-state index contributed by atoms with van der Waals surface area (Å²) in [4.78, 5) is 24.6. The van der Waals surface area contributed by atoms with Crippen LogP contribution in [0.25, 0.3) is 0 Å². The number of ketones is 1. The smallest absolute Gasteiger partial charge is 0.335 e. The Hall–Kier alpha value is -2.27. The van der Waals surface area contributed by atoms with Crippen LogP contribution in [0.4, 0.5) is 5.69 Å². The van der Waals surface area contributed by atoms with Crippen LogP contribution in [-0.2, 0) is 0 Å². The molecule has 0 aliphatic rings. The Morgan fingerprint density at radius 2 is 1.83 bits per heavy atom. The van der Waals surface area contributed by atoms with Gasteiger partial charge < -0.3 is 10.8 Å². The number of carboxylic acid groups (broad SMARTS) is 1. The number of carboxylic acids is 1. The molecule has 0 amide bonds. The van der Waals surface area contributed by atoms with Gasteiger partial charge in [0.25, 0.3) is 0 Å². The summed E-state index contributed by atoms with van der Waals surface area (Å²) in [6.07, 6.45) is 2.02. The van der Waals surface area contributed by atoms with E-state index in [1.807, 2.05) is 6.07 Å². The molecule has 5 heteroatoms. The Kier molecular flexibility index (Phi) is 5.82. The van der Waals surface area contributed by atoms with Crippen LogP contribution in [0.5, 0.6) is 0 Å². The normalized spacial score (nSPS) is 10.5. The first-order chi connectivity index (χ1) is 11.0. The van der Waals surface area contributed by atoms with E-state index >= 15 is 0 Å². The summed E-state index contributed by atoms with van der Waals surface area (Å²) >= 11 is 1.48. The zero-order chi connectivity index (χ0) is 16.8. The molecule has 4 nitrogen and oxygen atoms in total. The number of carbonyl (C=O) groups is 2. The van der Waals surface area contributed by atoms with Gasteiger partial charge in [-0.15, -0.1) is 11.8 Å². The van der Waals surface area contributed by atoms with Crippen LogP contribution in [0.15, 0.2) is 47.4 Å². The van der Waals surface area contributed by atoms with E-state index < -0.39 is 5.97 Å². The van der Waals surface area contributed by atoms with Gasteiger partial charge in [-0.05, 0) is 24.3 Å². The van der Waals surface area contributed by atoms with Gasteiger partial charge in [-0.2, -0.15) is 0 Å². The first-order valence-corrected chi connectivity index (χ1v) is 8.42. The second-order valence-electron chi connectivity index (χ2n) is 5.14. The average molecular weight is 329 g/mol. The molecule has 0 unspecified atom stereocenters. The lowest BCUT2D eigenvalue weighted by Crippen LogP contribution is -2.10. The van der Waals surface area contributed by atoms with E-state index in [0.717, 1.165) is 18.6 Å². The Morgan fingerprint density at radius 1 is 1.13 bits per heavy atom. The van der Waals surface area contributed by atoms with Gasteiger partial charge in [0.1, 0.15) is 0 Å². The number of hydrogen-bond acceptors (Lipinski definition) is 4. The number of aromatic carboxylic acids is 1. The summed E-state index contributed by atoms with van der Waals surface area (Å²) in [7, 11) is 0. The molecule has 0 spiro atoms. The van der Waals surface area contributed by atoms with Crippen LogP contribution in [-0.4, -0.2) is 22.6 Å². The number of nitrogens with two attached hydrogens (primary N) is 1. The number of nitrogen functional groups attached to an aromatic ring is 1. The molecule has 3 N–H and O–H groups in total. The fourth-order valence-electron chi connectivity index (χ4n) is 2.18. The van der Waals surface area contributed by atoms with Crippen molar-refractivity contribution in [3.8, 4) is 0 Å². The Bertz CT molecular complexity index is 714. The van der Waals surface area contributed by atoms with Crippen molar-refractivity contribution in [2.75, 3.05) is 11.5 Å².